The van der Waals surface area contributed by atoms with Gasteiger partial charge in [0, 0.05) is 18.8 Å². The molecule has 0 radical (unpaired) electrons. The van der Waals surface area contributed by atoms with Gasteiger partial charge in [-0.3, -0.25) is 14.3 Å². The minimum absolute atomic E-state index is 0.00854. The van der Waals surface area contributed by atoms with Gasteiger partial charge in [0.05, 0.1) is 18.5 Å². The van der Waals surface area contributed by atoms with Crippen LogP contribution in [0.25, 0.3) is 0 Å². The number of sulfonamides is 1. The molecule has 1 aromatic carbocycles. The largest absolute Gasteiger partial charge is 0.491 e. The van der Waals surface area contributed by atoms with Gasteiger partial charge in [-0.15, -0.1) is 0 Å². The monoisotopic (exact) mass is 449 g/mol. The number of unbranched alkanes of at least 4 members (excludes halogenated alkanes) is 1. The SMILES string of the molecule is CS(=O)(=O)NC(=O)CCC/C=C\C[C@H]1C(=O)CC2O[C@@H](COc3ccccc3)CCC21. The van der Waals surface area contributed by atoms with Crippen LogP contribution in [0.3, 0.4) is 0 Å². The van der Waals surface area contributed by atoms with Crippen LogP contribution in [0.5, 0.6) is 5.75 Å². The fourth-order valence-electron chi connectivity index (χ4n) is 4.36. The van der Waals surface area contributed by atoms with Crippen molar-refractivity contribution >= 4 is 21.7 Å². The van der Waals surface area contributed by atoms with Gasteiger partial charge in [-0.1, -0.05) is 30.4 Å². The van der Waals surface area contributed by atoms with Gasteiger partial charge < -0.3 is 9.47 Å². The van der Waals surface area contributed by atoms with E-state index in [1.54, 1.807) is 0 Å². The summed E-state index contributed by atoms with van der Waals surface area (Å²) in [5.41, 5.74) is 0. The molecule has 1 saturated heterocycles. The zero-order chi connectivity index (χ0) is 22.3. The summed E-state index contributed by atoms with van der Waals surface area (Å²) in [5.74, 6) is 0.843. The number of para-hydroxylation sites is 1. The molecule has 1 aromatic rings. The summed E-state index contributed by atoms with van der Waals surface area (Å²) < 4.78 is 35.9. The number of carbonyl (C=O) groups is 2. The lowest BCUT2D eigenvalue weighted by atomic mass is 9.85. The summed E-state index contributed by atoms with van der Waals surface area (Å²) in [6.07, 6.45) is 9.32. The second kappa shape index (κ2) is 10.9. The van der Waals surface area contributed by atoms with Crippen LogP contribution in [0.2, 0.25) is 0 Å². The molecule has 8 heteroatoms. The fraction of sp³-hybridized carbons (Fsp3) is 0.565. The highest BCUT2D eigenvalue weighted by molar-refractivity contribution is 7.89. The maximum Gasteiger partial charge on any atom is 0.233 e. The lowest BCUT2D eigenvalue weighted by molar-refractivity contribution is -0.121. The number of carbonyl (C=O) groups excluding carboxylic acids is 2. The van der Waals surface area contributed by atoms with Crippen LogP contribution in [-0.2, 0) is 24.3 Å². The van der Waals surface area contributed by atoms with E-state index in [4.69, 9.17) is 9.47 Å². The number of ketones is 1. The number of fused-ring (bicyclic) bond motifs is 1. The normalized spacial score (nSPS) is 26.0. The Hall–Kier alpha value is -2.19. The van der Waals surface area contributed by atoms with E-state index in [-0.39, 0.29) is 36.2 Å². The first-order valence-electron chi connectivity index (χ1n) is 10.8. The maximum atomic E-state index is 12.5. The van der Waals surface area contributed by atoms with Crippen LogP contribution >= 0.6 is 0 Å². The second-order valence-corrected chi connectivity index (χ2v) is 10.1. The molecule has 0 aromatic heterocycles. The molecule has 1 amide bonds. The summed E-state index contributed by atoms with van der Waals surface area (Å²) in [7, 11) is -3.50. The Bertz CT molecular complexity index is 883. The Labute approximate surface area is 184 Å². The number of amides is 1. The lowest BCUT2D eigenvalue weighted by Crippen LogP contribution is -2.37. The predicted molar refractivity (Wildman–Crippen MR) is 117 cm³/mol. The third-order valence-corrected chi connectivity index (χ3v) is 6.41. The summed E-state index contributed by atoms with van der Waals surface area (Å²) in [5, 5.41) is 0. The Kier molecular flexibility index (Phi) is 8.26. The van der Waals surface area contributed by atoms with Gasteiger partial charge >= 0.3 is 0 Å². The minimum atomic E-state index is -3.50. The second-order valence-electron chi connectivity index (χ2n) is 8.34. The molecule has 1 aliphatic heterocycles. The quantitative estimate of drug-likeness (QED) is 0.435. The highest BCUT2D eigenvalue weighted by atomic mass is 32.2. The van der Waals surface area contributed by atoms with Crippen LogP contribution < -0.4 is 9.46 Å². The summed E-state index contributed by atoms with van der Waals surface area (Å²) >= 11 is 0. The number of nitrogens with one attached hydrogen (secondary N) is 1. The van der Waals surface area contributed by atoms with Gasteiger partial charge in [-0.25, -0.2) is 8.42 Å². The third-order valence-electron chi connectivity index (χ3n) is 5.81. The van der Waals surface area contributed by atoms with Crippen LogP contribution in [0.4, 0.5) is 0 Å². The molecule has 7 nitrogen and oxygen atoms in total. The minimum Gasteiger partial charge on any atom is -0.491 e. The molecule has 31 heavy (non-hydrogen) atoms. The van der Waals surface area contributed by atoms with Crippen molar-refractivity contribution in [2.45, 2.75) is 57.2 Å². The van der Waals surface area contributed by atoms with Gasteiger partial charge in [0.1, 0.15) is 18.1 Å². The maximum absolute atomic E-state index is 12.5. The molecule has 0 bridgehead atoms. The van der Waals surface area contributed by atoms with Gasteiger partial charge in [0.25, 0.3) is 0 Å². The molecule has 170 valence electrons. The van der Waals surface area contributed by atoms with Gasteiger partial charge in [0.2, 0.25) is 15.9 Å². The topological polar surface area (TPSA) is 98.8 Å². The van der Waals surface area contributed by atoms with E-state index in [1.807, 2.05) is 47.2 Å². The standard InChI is InChI=1S/C23H31NO6S/c1-31(27,28)24-23(26)12-8-3-2-7-11-19-20-14-13-18(30-22(20)15-21(19)25)16-29-17-9-5-4-6-10-17/h2,4-7,9-10,18-20,22H,3,8,11-16H2,1H3,(H,24,26)/b7-2-/t18-,19-,20?,22?/m1/s1. The van der Waals surface area contributed by atoms with E-state index >= 15 is 0 Å². The van der Waals surface area contributed by atoms with E-state index in [9.17, 15) is 18.0 Å². The first-order valence-corrected chi connectivity index (χ1v) is 12.7. The molecule has 0 spiro atoms. The summed E-state index contributed by atoms with van der Waals surface area (Å²) in [4.78, 5) is 24.0. The molecule has 3 rings (SSSR count). The molecule has 2 aliphatic rings. The molecule has 4 atom stereocenters. The van der Waals surface area contributed by atoms with Crippen LogP contribution in [0.1, 0.15) is 44.9 Å². The van der Waals surface area contributed by atoms with E-state index < -0.39 is 15.9 Å². The zero-order valence-corrected chi connectivity index (χ0v) is 18.7. The Morgan fingerprint density at radius 3 is 2.74 bits per heavy atom. The molecular formula is C23H31NO6S. The summed E-state index contributed by atoms with van der Waals surface area (Å²) in [6, 6.07) is 9.66. The van der Waals surface area contributed by atoms with Crippen molar-refractivity contribution in [2.75, 3.05) is 12.9 Å². The Morgan fingerprint density at radius 1 is 1.23 bits per heavy atom. The highest BCUT2D eigenvalue weighted by Gasteiger charge is 2.45. The van der Waals surface area contributed by atoms with E-state index in [2.05, 4.69) is 0 Å². The zero-order valence-electron chi connectivity index (χ0n) is 17.9. The van der Waals surface area contributed by atoms with Crippen molar-refractivity contribution in [1.82, 2.24) is 4.72 Å². The first-order chi connectivity index (χ1) is 14.8. The number of ether oxygens (including phenoxy) is 2. The smallest absolute Gasteiger partial charge is 0.233 e. The van der Waals surface area contributed by atoms with Gasteiger partial charge in [-0.2, -0.15) is 0 Å². The number of benzene rings is 1. The van der Waals surface area contributed by atoms with E-state index in [0.717, 1.165) is 24.8 Å². The van der Waals surface area contributed by atoms with Crippen molar-refractivity contribution in [3.63, 3.8) is 0 Å². The van der Waals surface area contributed by atoms with Gasteiger partial charge in [-0.05, 0) is 50.2 Å². The average Bonchev–Trinajstić information content (AvgIpc) is 3.03. The van der Waals surface area contributed by atoms with Crippen molar-refractivity contribution in [1.29, 1.82) is 0 Å². The number of rotatable bonds is 10. The van der Waals surface area contributed by atoms with Crippen molar-refractivity contribution in [3.8, 4) is 5.75 Å². The number of allylic oxidation sites excluding steroid dienone is 2. The fourth-order valence-corrected chi connectivity index (χ4v) is 4.88. The highest BCUT2D eigenvalue weighted by Crippen LogP contribution is 2.41. The van der Waals surface area contributed by atoms with Crippen molar-refractivity contribution < 1.29 is 27.5 Å². The molecule has 1 saturated carbocycles. The number of hydrogen-bond acceptors (Lipinski definition) is 6. The Balaban J connectivity index is 1.37. The first kappa shape index (κ1) is 23.5. The van der Waals surface area contributed by atoms with Crippen LogP contribution in [-0.4, -0.2) is 45.2 Å². The van der Waals surface area contributed by atoms with Crippen molar-refractivity contribution in [3.05, 3.63) is 42.5 Å². The third kappa shape index (κ3) is 7.47. The average molecular weight is 450 g/mol. The van der Waals surface area contributed by atoms with E-state index in [1.165, 1.54) is 0 Å². The predicted octanol–water partition coefficient (Wildman–Crippen LogP) is 3.01. The molecule has 1 N–H and O–H groups in total. The van der Waals surface area contributed by atoms with Gasteiger partial charge in [0.15, 0.2) is 0 Å². The van der Waals surface area contributed by atoms with Crippen LogP contribution in [0.15, 0.2) is 42.5 Å². The molecule has 2 unspecified atom stereocenters. The molecule has 1 heterocycles. The van der Waals surface area contributed by atoms with Crippen molar-refractivity contribution in [2.24, 2.45) is 11.8 Å². The van der Waals surface area contributed by atoms with Crippen LogP contribution in [0, 0.1) is 11.8 Å². The molecular weight excluding hydrogens is 418 g/mol. The molecule has 2 fully saturated rings. The Morgan fingerprint density at radius 2 is 2.00 bits per heavy atom. The number of hydrogen-bond donors (Lipinski definition) is 1. The number of Topliss-reactive ketones (excluding diaryl/α,β-unsaturated/α-hetero) is 1. The molecule has 1 aliphatic carbocycles. The van der Waals surface area contributed by atoms with E-state index in [0.29, 0.717) is 32.3 Å². The summed E-state index contributed by atoms with van der Waals surface area (Å²) in [6.45, 7) is 0.499. The lowest BCUT2D eigenvalue weighted by Gasteiger charge is -2.33.